The molecule has 0 fully saturated rings. The Bertz CT molecular complexity index is 879. The number of nitrogens with zero attached hydrogens (tertiary/aromatic N) is 2. The zero-order chi connectivity index (χ0) is 17.6. The minimum Gasteiger partial charge on any atom is -0.366 e. The van der Waals surface area contributed by atoms with Gasteiger partial charge in [0, 0.05) is 16.9 Å². The largest absolute Gasteiger partial charge is 0.366 e. The van der Waals surface area contributed by atoms with Crippen LogP contribution in [0.4, 0.5) is 5.13 Å². The van der Waals surface area contributed by atoms with Crippen LogP contribution in [-0.4, -0.2) is 22.0 Å². The number of aromatic nitrogens is 2. The molecule has 3 rings (SSSR count). The summed E-state index contributed by atoms with van der Waals surface area (Å²) < 4.78 is 0.781. The minimum absolute atomic E-state index is 0.313. The van der Waals surface area contributed by atoms with Gasteiger partial charge in [-0.15, -0.1) is 10.2 Å². The van der Waals surface area contributed by atoms with Crippen LogP contribution in [0.3, 0.4) is 0 Å². The van der Waals surface area contributed by atoms with Crippen LogP contribution < -0.4 is 11.1 Å². The van der Waals surface area contributed by atoms with Crippen LogP contribution in [0.25, 0.3) is 0 Å². The number of primary amides is 1. The molecule has 0 radical (unpaired) electrons. The van der Waals surface area contributed by atoms with E-state index in [2.05, 4.69) is 15.5 Å². The van der Waals surface area contributed by atoms with E-state index in [1.54, 1.807) is 23.9 Å². The monoisotopic (exact) mass is 370 g/mol. The van der Waals surface area contributed by atoms with Gasteiger partial charge in [-0.1, -0.05) is 53.4 Å². The fourth-order valence-electron chi connectivity index (χ4n) is 1.99. The number of rotatable bonds is 6. The van der Waals surface area contributed by atoms with Crippen molar-refractivity contribution < 1.29 is 9.59 Å². The molecule has 0 aliphatic carbocycles. The lowest BCUT2D eigenvalue weighted by molar-refractivity contribution is 0.0995. The highest BCUT2D eigenvalue weighted by Gasteiger charge is 2.11. The maximum atomic E-state index is 12.2. The Morgan fingerprint density at radius 3 is 2.36 bits per heavy atom. The van der Waals surface area contributed by atoms with Gasteiger partial charge in [-0.05, 0) is 29.8 Å². The molecule has 0 saturated heterocycles. The van der Waals surface area contributed by atoms with E-state index in [-0.39, 0.29) is 5.91 Å². The lowest BCUT2D eigenvalue weighted by atomic mass is 10.1. The van der Waals surface area contributed by atoms with Crippen LogP contribution in [-0.2, 0) is 5.75 Å². The van der Waals surface area contributed by atoms with Gasteiger partial charge in [0.1, 0.15) is 0 Å². The van der Waals surface area contributed by atoms with E-state index in [1.165, 1.54) is 29.0 Å². The minimum atomic E-state index is -0.531. The van der Waals surface area contributed by atoms with Crippen molar-refractivity contribution in [3.05, 3.63) is 71.3 Å². The van der Waals surface area contributed by atoms with E-state index in [4.69, 9.17) is 5.73 Å². The molecular weight excluding hydrogens is 356 g/mol. The molecule has 0 bridgehead atoms. The van der Waals surface area contributed by atoms with Crippen molar-refractivity contribution in [3.8, 4) is 0 Å². The Morgan fingerprint density at radius 2 is 1.68 bits per heavy atom. The molecule has 1 heterocycles. The molecule has 0 aliphatic rings. The van der Waals surface area contributed by atoms with Crippen molar-refractivity contribution in [2.24, 2.45) is 5.73 Å². The smallest absolute Gasteiger partial charge is 0.257 e. The second-order valence-corrected chi connectivity index (χ2v) is 7.24. The lowest BCUT2D eigenvalue weighted by Crippen LogP contribution is -2.14. The molecule has 3 aromatic rings. The molecular formula is C17H14N4O2S2. The number of nitrogens with two attached hydrogens (primary N) is 1. The normalized spacial score (nSPS) is 10.4. The highest BCUT2D eigenvalue weighted by molar-refractivity contribution is 8.00. The Hall–Kier alpha value is -2.71. The Morgan fingerprint density at radius 1 is 1.00 bits per heavy atom. The van der Waals surface area contributed by atoms with Crippen LogP contribution in [0.2, 0.25) is 0 Å². The summed E-state index contributed by atoms with van der Waals surface area (Å²) in [5.74, 6) is -0.0548. The highest BCUT2D eigenvalue weighted by atomic mass is 32.2. The number of thioether (sulfide) groups is 1. The average molecular weight is 370 g/mol. The molecule has 0 spiro atoms. The molecule has 0 aliphatic heterocycles. The lowest BCUT2D eigenvalue weighted by Gasteiger charge is -2.01. The summed E-state index contributed by atoms with van der Waals surface area (Å²) in [5.41, 5.74) is 7.14. The molecule has 2 amide bonds. The van der Waals surface area contributed by atoms with Gasteiger partial charge in [0.25, 0.3) is 5.91 Å². The third kappa shape index (κ3) is 4.65. The fourth-order valence-corrected chi connectivity index (χ4v) is 3.70. The first-order valence-electron chi connectivity index (χ1n) is 7.33. The average Bonchev–Trinajstić information content (AvgIpc) is 3.08. The van der Waals surface area contributed by atoms with E-state index in [0.29, 0.717) is 16.3 Å². The van der Waals surface area contributed by atoms with Crippen molar-refractivity contribution >= 4 is 40.0 Å². The molecule has 25 heavy (non-hydrogen) atoms. The number of nitrogens with one attached hydrogen (secondary N) is 1. The summed E-state index contributed by atoms with van der Waals surface area (Å²) in [6.45, 7) is 0. The van der Waals surface area contributed by atoms with Gasteiger partial charge in [-0.3, -0.25) is 14.9 Å². The van der Waals surface area contributed by atoms with Crippen LogP contribution in [0.5, 0.6) is 0 Å². The first-order chi connectivity index (χ1) is 12.1. The maximum absolute atomic E-state index is 12.2. The van der Waals surface area contributed by atoms with Gasteiger partial charge < -0.3 is 5.73 Å². The Balaban J connectivity index is 1.58. The molecule has 126 valence electrons. The van der Waals surface area contributed by atoms with Gasteiger partial charge in [-0.2, -0.15) is 0 Å². The third-order valence-corrected chi connectivity index (χ3v) is 5.31. The molecule has 0 unspecified atom stereocenters. The van der Waals surface area contributed by atoms with E-state index >= 15 is 0 Å². The SMILES string of the molecule is NC(=O)c1ccc(C(=O)Nc2nnc(SCc3ccccc3)s2)cc1. The topological polar surface area (TPSA) is 98.0 Å². The Kier molecular flexibility index (Phi) is 5.42. The number of carbonyl (C=O) groups is 2. The zero-order valence-corrected chi connectivity index (χ0v) is 14.6. The van der Waals surface area contributed by atoms with Crippen LogP contribution in [0.15, 0.2) is 58.9 Å². The van der Waals surface area contributed by atoms with Gasteiger partial charge in [-0.25, -0.2) is 0 Å². The molecule has 3 N–H and O–H groups in total. The number of benzene rings is 2. The maximum Gasteiger partial charge on any atom is 0.257 e. The van der Waals surface area contributed by atoms with E-state index < -0.39 is 5.91 Å². The molecule has 2 aromatic carbocycles. The number of anilines is 1. The molecule has 6 nitrogen and oxygen atoms in total. The molecule has 0 saturated carbocycles. The van der Waals surface area contributed by atoms with Crippen molar-refractivity contribution in [2.45, 2.75) is 10.1 Å². The highest BCUT2D eigenvalue weighted by Crippen LogP contribution is 2.28. The summed E-state index contributed by atoms with van der Waals surface area (Å²) in [4.78, 5) is 23.2. The number of hydrogen-bond acceptors (Lipinski definition) is 6. The van der Waals surface area contributed by atoms with Crippen molar-refractivity contribution in [3.63, 3.8) is 0 Å². The van der Waals surface area contributed by atoms with E-state index in [0.717, 1.165) is 10.1 Å². The summed E-state index contributed by atoms with van der Waals surface area (Å²) in [6, 6.07) is 16.2. The first kappa shape index (κ1) is 17.1. The van der Waals surface area contributed by atoms with Crippen molar-refractivity contribution in [1.82, 2.24) is 10.2 Å². The molecule has 0 atom stereocenters. The quantitative estimate of drug-likeness (QED) is 0.513. The zero-order valence-electron chi connectivity index (χ0n) is 13.0. The van der Waals surface area contributed by atoms with Crippen LogP contribution in [0.1, 0.15) is 26.3 Å². The number of amides is 2. The molecule has 1 aromatic heterocycles. The van der Waals surface area contributed by atoms with Crippen LogP contribution >= 0.6 is 23.1 Å². The molecule has 8 heteroatoms. The Labute approximate surface area is 152 Å². The summed E-state index contributed by atoms with van der Waals surface area (Å²) >= 11 is 2.88. The number of carbonyl (C=O) groups excluding carboxylic acids is 2. The van der Waals surface area contributed by atoms with Crippen LogP contribution in [0, 0.1) is 0 Å². The van der Waals surface area contributed by atoms with Gasteiger partial charge in [0.2, 0.25) is 11.0 Å². The van der Waals surface area contributed by atoms with Crippen molar-refractivity contribution in [2.75, 3.05) is 5.32 Å². The van der Waals surface area contributed by atoms with E-state index in [1.807, 2.05) is 30.3 Å². The summed E-state index contributed by atoms with van der Waals surface area (Å²) in [7, 11) is 0. The van der Waals surface area contributed by atoms with Gasteiger partial charge in [0.15, 0.2) is 4.34 Å². The first-order valence-corrected chi connectivity index (χ1v) is 9.13. The van der Waals surface area contributed by atoms with Crippen molar-refractivity contribution in [1.29, 1.82) is 0 Å². The third-order valence-electron chi connectivity index (χ3n) is 3.26. The standard InChI is InChI=1S/C17H14N4O2S2/c18-14(22)12-6-8-13(9-7-12)15(23)19-16-20-21-17(25-16)24-10-11-4-2-1-3-5-11/h1-9H,10H2,(H2,18,22)(H,19,20,23). The van der Waals surface area contributed by atoms with E-state index in [9.17, 15) is 9.59 Å². The van der Waals surface area contributed by atoms with Gasteiger partial charge >= 0.3 is 0 Å². The summed E-state index contributed by atoms with van der Waals surface area (Å²) in [6.07, 6.45) is 0. The summed E-state index contributed by atoms with van der Waals surface area (Å²) in [5, 5.41) is 11.2. The number of hydrogen-bond donors (Lipinski definition) is 2. The predicted octanol–water partition coefficient (Wildman–Crippen LogP) is 3.18. The second kappa shape index (κ2) is 7.91. The second-order valence-electron chi connectivity index (χ2n) is 5.04. The fraction of sp³-hybridized carbons (Fsp3) is 0.0588. The van der Waals surface area contributed by atoms with Gasteiger partial charge in [0.05, 0.1) is 0 Å². The predicted molar refractivity (Wildman–Crippen MR) is 98.8 cm³/mol.